The molecule has 0 aliphatic heterocycles. The molecule has 0 fully saturated rings. The predicted molar refractivity (Wildman–Crippen MR) is 85.3 cm³/mol. The summed E-state index contributed by atoms with van der Waals surface area (Å²) in [6.07, 6.45) is 0.0592. The zero-order chi connectivity index (χ0) is 16.4. The molecule has 21 heavy (non-hydrogen) atoms. The molecule has 6 nitrogen and oxygen atoms in total. The maximum Gasteiger partial charge on any atom is 0.343 e. The number of esters is 1. The van der Waals surface area contributed by atoms with E-state index in [1.54, 1.807) is 26.8 Å². The van der Waals surface area contributed by atoms with Crippen LogP contribution in [0.25, 0.3) is 0 Å². The molecule has 4 N–H and O–H groups in total. The van der Waals surface area contributed by atoms with Crippen LogP contribution in [0.1, 0.15) is 36.7 Å². The van der Waals surface area contributed by atoms with Crippen molar-refractivity contribution in [3.05, 3.63) is 26.8 Å². The van der Waals surface area contributed by atoms with E-state index in [9.17, 15) is 14.7 Å². The number of carbonyl (C=O) groups excluding carboxylic acids is 1. The van der Waals surface area contributed by atoms with Crippen molar-refractivity contribution < 1.29 is 24.5 Å². The van der Waals surface area contributed by atoms with Crippen LogP contribution in [0, 0.1) is 3.57 Å². The second-order valence-electron chi connectivity index (χ2n) is 5.58. The molecule has 0 aliphatic rings. The maximum absolute atomic E-state index is 12.1. The Bertz CT molecular complexity index is 565. The molecule has 1 aromatic carbocycles. The Balaban J connectivity index is 3.16. The highest BCUT2D eigenvalue weighted by atomic mass is 127. The SMILES string of the molecule is CC(C)(C)OC(=O)c1c(O)ccc(CC(N)C(=O)O)c1I. The zero-order valence-corrected chi connectivity index (χ0v) is 14.2. The van der Waals surface area contributed by atoms with Crippen LogP contribution in [0.15, 0.2) is 12.1 Å². The van der Waals surface area contributed by atoms with E-state index in [-0.39, 0.29) is 17.7 Å². The minimum absolute atomic E-state index is 0.0283. The van der Waals surface area contributed by atoms with E-state index >= 15 is 0 Å². The monoisotopic (exact) mass is 407 g/mol. The third kappa shape index (κ3) is 4.85. The Kier molecular flexibility index (Phi) is 5.57. The molecule has 0 amide bonds. The molecular formula is C14H18INO5. The van der Waals surface area contributed by atoms with E-state index < -0.39 is 23.6 Å². The third-order valence-corrected chi connectivity index (χ3v) is 3.79. The Morgan fingerprint density at radius 3 is 2.43 bits per heavy atom. The highest BCUT2D eigenvalue weighted by Gasteiger charge is 2.25. The van der Waals surface area contributed by atoms with Crippen LogP contribution >= 0.6 is 22.6 Å². The summed E-state index contributed by atoms with van der Waals surface area (Å²) >= 11 is 1.88. The van der Waals surface area contributed by atoms with Crippen molar-refractivity contribution in [3.8, 4) is 5.75 Å². The molecule has 0 aromatic heterocycles. The molecule has 0 saturated carbocycles. The average Bonchev–Trinajstić information content (AvgIpc) is 2.30. The number of carbonyl (C=O) groups is 2. The topological polar surface area (TPSA) is 110 Å². The molecule has 0 saturated heterocycles. The number of phenols is 1. The van der Waals surface area contributed by atoms with Crippen LogP contribution < -0.4 is 5.73 Å². The summed E-state index contributed by atoms with van der Waals surface area (Å²) < 4.78 is 5.68. The van der Waals surface area contributed by atoms with Gasteiger partial charge in [-0.2, -0.15) is 0 Å². The van der Waals surface area contributed by atoms with Gasteiger partial charge in [0, 0.05) is 3.57 Å². The van der Waals surface area contributed by atoms with Crippen LogP contribution in [0.5, 0.6) is 5.75 Å². The minimum atomic E-state index is -1.13. The minimum Gasteiger partial charge on any atom is -0.507 e. The number of benzene rings is 1. The van der Waals surface area contributed by atoms with Crippen LogP contribution in [0.3, 0.4) is 0 Å². The molecule has 1 rings (SSSR count). The van der Waals surface area contributed by atoms with Gasteiger partial charge in [-0.05, 0) is 61.4 Å². The summed E-state index contributed by atoms with van der Waals surface area (Å²) in [5, 5.41) is 18.7. The Labute approximate surface area is 136 Å². The van der Waals surface area contributed by atoms with Crippen molar-refractivity contribution in [3.63, 3.8) is 0 Å². The van der Waals surface area contributed by atoms with Crippen molar-refractivity contribution in [2.75, 3.05) is 0 Å². The normalized spacial score (nSPS) is 12.8. The van der Waals surface area contributed by atoms with Crippen molar-refractivity contribution in [2.45, 2.75) is 38.8 Å². The molecule has 1 unspecified atom stereocenters. The van der Waals surface area contributed by atoms with Gasteiger partial charge in [0.15, 0.2) is 0 Å². The molecule has 1 atom stereocenters. The summed E-state index contributed by atoms with van der Waals surface area (Å²) in [5.41, 5.74) is 5.41. The lowest BCUT2D eigenvalue weighted by Gasteiger charge is -2.21. The molecular weight excluding hydrogens is 389 g/mol. The molecule has 0 heterocycles. The number of rotatable bonds is 4. The van der Waals surface area contributed by atoms with Crippen LogP contribution in [-0.2, 0) is 16.0 Å². The molecule has 116 valence electrons. The van der Waals surface area contributed by atoms with Gasteiger partial charge in [-0.3, -0.25) is 4.79 Å². The van der Waals surface area contributed by atoms with Gasteiger partial charge in [-0.15, -0.1) is 0 Å². The molecule has 0 spiro atoms. The van der Waals surface area contributed by atoms with Gasteiger partial charge in [-0.1, -0.05) is 6.07 Å². The first kappa shape index (κ1) is 17.7. The third-order valence-electron chi connectivity index (χ3n) is 2.56. The number of aromatic hydroxyl groups is 1. The number of aliphatic carboxylic acids is 1. The van der Waals surface area contributed by atoms with Crippen LogP contribution in [0.2, 0.25) is 0 Å². The molecule has 0 radical (unpaired) electrons. The fourth-order valence-corrected chi connectivity index (χ4v) is 2.51. The predicted octanol–water partition coefficient (Wildman–Crippen LogP) is 1.91. The van der Waals surface area contributed by atoms with Crippen molar-refractivity contribution >= 4 is 34.5 Å². The lowest BCUT2D eigenvalue weighted by Crippen LogP contribution is -2.32. The molecule has 0 bridgehead atoms. The van der Waals surface area contributed by atoms with Gasteiger partial charge >= 0.3 is 11.9 Å². The van der Waals surface area contributed by atoms with Crippen molar-refractivity contribution in [1.29, 1.82) is 0 Å². The molecule has 7 heteroatoms. The summed E-state index contributed by atoms with van der Waals surface area (Å²) in [4.78, 5) is 23.0. The average molecular weight is 407 g/mol. The lowest BCUT2D eigenvalue weighted by atomic mass is 10.0. The summed E-state index contributed by atoms with van der Waals surface area (Å²) in [5.74, 6) is -1.99. The van der Waals surface area contributed by atoms with Gasteiger partial charge in [0.25, 0.3) is 0 Å². The Morgan fingerprint density at radius 2 is 1.95 bits per heavy atom. The van der Waals surface area contributed by atoms with E-state index in [1.165, 1.54) is 6.07 Å². The fraction of sp³-hybridized carbons (Fsp3) is 0.429. The highest BCUT2D eigenvalue weighted by molar-refractivity contribution is 14.1. The first-order chi connectivity index (χ1) is 9.53. The van der Waals surface area contributed by atoms with Crippen molar-refractivity contribution in [2.24, 2.45) is 5.73 Å². The fourth-order valence-electron chi connectivity index (χ4n) is 1.61. The van der Waals surface area contributed by atoms with Crippen LogP contribution in [0.4, 0.5) is 0 Å². The number of ether oxygens (including phenoxy) is 1. The number of nitrogens with two attached hydrogens (primary N) is 1. The van der Waals surface area contributed by atoms with Gasteiger partial charge in [0.1, 0.15) is 23.0 Å². The van der Waals surface area contributed by atoms with Gasteiger partial charge < -0.3 is 20.7 Å². The van der Waals surface area contributed by atoms with Gasteiger partial charge in [0.05, 0.1) is 0 Å². The largest absolute Gasteiger partial charge is 0.507 e. The van der Waals surface area contributed by atoms with E-state index in [4.69, 9.17) is 15.6 Å². The second-order valence-corrected chi connectivity index (χ2v) is 6.66. The quantitative estimate of drug-likeness (QED) is 0.520. The van der Waals surface area contributed by atoms with E-state index in [1.807, 2.05) is 22.6 Å². The summed E-state index contributed by atoms with van der Waals surface area (Å²) in [6.45, 7) is 5.16. The molecule has 0 aliphatic carbocycles. The smallest absolute Gasteiger partial charge is 0.343 e. The number of halogens is 1. The summed E-state index contributed by atoms with van der Waals surface area (Å²) in [6, 6.07) is 1.81. The second kappa shape index (κ2) is 6.61. The van der Waals surface area contributed by atoms with Gasteiger partial charge in [0.2, 0.25) is 0 Å². The van der Waals surface area contributed by atoms with Gasteiger partial charge in [-0.25, -0.2) is 4.79 Å². The van der Waals surface area contributed by atoms with E-state index in [2.05, 4.69) is 0 Å². The van der Waals surface area contributed by atoms with E-state index in [0.29, 0.717) is 9.13 Å². The number of carboxylic acids is 1. The highest BCUT2D eigenvalue weighted by Crippen LogP contribution is 2.29. The first-order valence-electron chi connectivity index (χ1n) is 6.25. The summed E-state index contributed by atoms with van der Waals surface area (Å²) in [7, 11) is 0. The first-order valence-corrected chi connectivity index (χ1v) is 7.33. The number of hydrogen-bond donors (Lipinski definition) is 3. The number of phenolic OH excluding ortho intramolecular Hbond substituents is 1. The standard InChI is InChI=1S/C14H18INO5/c1-14(2,3)21-13(20)10-9(17)5-4-7(11(10)15)6-8(16)12(18)19/h4-5,8,17H,6,16H2,1-3H3,(H,18,19). The Morgan fingerprint density at radius 1 is 1.38 bits per heavy atom. The lowest BCUT2D eigenvalue weighted by molar-refractivity contribution is -0.138. The maximum atomic E-state index is 12.1. The zero-order valence-electron chi connectivity index (χ0n) is 12.0. The molecule has 1 aromatic rings. The van der Waals surface area contributed by atoms with Crippen LogP contribution in [-0.4, -0.2) is 33.8 Å². The number of hydrogen-bond acceptors (Lipinski definition) is 5. The Hall–Kier alpha value is -1.35. The van der Waals surface area contributed by atoms with Crippen molar-refractivity contribution in [1.82, 2.24) is 0 Å². The van der Waals surface area contributed by atoms with E-state index in [0.717, 1.165) is 0 Å². The number of carboxylic acid groups (broad SMARTS) is 1.